The van der Waals surface area contributed by atoms with Crippen molar-refractivity contribution in [2.75, 3.05) is 25.8 Å². The molecule has 0 spiro atoms. The summed E-state index contributed by atoms with van der Waals surface area (Å²) in [5.41, 5.74) is 0.952. The molecule has 1 aromatic rings. The third-order valence-corrected chi connectivity index (χ3v) is 4.52. The summed E-state index contributed by atoms with van der Waals surface area (Å²) in [6, 6.07) is 3.68. The third-order valence-electron chi connectivity index (χ3n) is 2.99. The van der Waals surface area contributed by atoms with E-state index >= 15 is 0 Å². The average molecular weight is 361 g/mol. The maximum absolute atomic E-state index is 11.9. The van der Waals surface area contributed by atoms with E-state index in [0.29, 0.717) is 18.0 Å². The predicted octanol–water partition coefficient (Wildman–Crippen LogP) is 1.74. The molecule has 0 aliphatic carbocycles. The summed E-state index contributed by atoms with van der Waals surface area (Å²) in [5.74, 6) is 2.97. The fourth-order valence-corrected chi connectivity index (χ4v) is 3.54. The van der Waals surface area contributed by atoms with E-state index in [0.717, 1.165) is 21.7 Å². The van der Waals surface area contributed by atoms with E-state index in [1.807, 2.05) is 12.1 Å². The highest BCUT2D eigenvalue weighted by molar-refractivity contribution is 9.10. The van der Waals surface area contributed by atoms with Crippen molar-refractivity contribution in [1.82, 2.24) is 10.6 Å². The minimum atomic E-state index is -0.0939. The molecule has 1 aliphatic rings. The van der Waals surface area contributed by atoms with Crippen molar-refractivity contribution in [3.05, 3.63) is 22.2 Å². The molecule has 1 aliphatic heterocycles. The predicted molar refractivity (Wildman–Crippen MR) is 83.3 cm³/mol. The Morgan fingerprint density at radius 2 is 2.30 bits per heavy atom. The first-order valence-electron chi connectivity index (χ1n) is 6.15. The molecule has 0 aromatic heterocycles. The second-order valence-corrected chi connectivity index (χ2v) is 6.19. The molecule has 110 valence electrons. The molecule has 20 heavy (non-hydrogen) atoms. The standard InChI is InChI=1S/C13H17BrN2O3S/c1-18-11-4-8(3-9(14)12(11)19-2)5-15-13(17)10-6-20-7-16-10/h3-4,10,16H,5-7H2,1-2H3,(H,15,17). The normalized spacial score (nSPS) is 17.9. The lowest BCUT2D eigenvalue weighted by molar-refractivity contribution is -0.122. The summed E-state index contributed by atoms with van der Waals surface area (Å²) in [7, 11) is 3.18. The van der Waals surface area contributed by atoms with Crippen molar-refractivity contribution < 1.29 is 14.3 Å². The molecule has 0 saturated carbocycles. The van der Waals surface area contributed by atoms with Gasteiger partial charge in [-0.1, -0.05) is 0 Å². The summed E-state index contributed by atoms with van der Waals surface area (Å²) in [5, 5.41) is 6.07. The van der Waals surface area contributed by atoms with Crippen LogP contribution in [0.2, 0.25) is 0 Å². The number of amides is 1. The van der Waals surface area contributed by atoms with Gasteiger partial charge in [-0.15, -0.1) is 11.8 Å². The molecule has 1 unspecified atom stereocenters. The van der Waals surface area contributed by atoms with Gasteiger partial charge in [0, 0.05) is 18.2 Å². The Hall–Kier alpha value is -0.920. The van der Waals surface area contributed by atoms with Gasteiger partial charge in [0.05, 0.1) is 24.7 Å². The number of hydrogen-bond donors (Lipinski definition) is 2. The fourth-order valence-electron chi connectivity index (χ4n) is 1.95. The Kier molecular flexibility index (Phi) is 5.56. The number of carbonyl (C=O) groups excluding carboxylic acids is 1. The summed E-state index contributed by atoms with van der Waals surface area (Å²) < 4.78 is 11.3. The Morgan fingerprint density at radius 3 is 2.90 bits per heavy atom. The van der Waals surface area contributed by atoms with Crippen molar-refractivity contribution >= 4 is 33.6 Å². The van der Waals surface area contributed by atoms with Gasteiger partial charge in [-0.2, -0.15) is 0 Å². The van der Waals surface area contributed by atoms with Crippen LogP contribution in [0.4, 0.5) is 0 Å². The van der Waals surface area contributed by atoms with Crippen LogP contribution in [-0.4, -0.2) is 37.8 Å². The van der Waals surface area contributed by atoms with Crippen molar-refractivity contribution in [2.45, 2.75) is 12.6 Å². The lowest BCUT2D eigenvalue weighted by Crippen LogP contribution is -2.41. The largest absolute Gasteiger partial charge is 0.493 e. The van der Waals surface area contributed by atoms with Crippen molar-refractivity contribution in [1.29, 1.82) is 0 Å². The Labute approximate surface area is 130 Å². The second kappa shape index (κ2) is 7.19. The molecule has 7 heteroatoms. The number of nitrogens with one attached hydrogen (secondary N) is 2. The Bertz CT molecular complexity index is 493. The monoisotopic (exact) mass is 360 g/mol. The maximum Gasteiger partial charge on any atom is 0.238 e. The van der Waals surface area contributed by atoms with Gasteiger partial charge in [0.25, 0.3) is 0 Å². The lowest BCUT2D eigenvalue weighted by Gasteiger charge is -2.14. The van der Waals surface area contributed by atoms with Gasteiger partial charge in [-0.05, 0) is 33.6 Å². The number of benzene rings is 1. The summed E-state index contributed by atoms with van der Waals surface area (Å²) in [6.45, 7) is 0.459. The van der Waals surface area contributed by atoms with E-state index in [9.17, 15) is 4.79 Å². The van der Waals surface area contributed by atoms with Gasteiger partial charge in [-0.3, -0.25) is 10.1 Å². The smallest absolute Gasteiger partial charge is 0.238 e. The van der Waals surface area contributed by atoms with Crippen molar-refractivity contribution in [3.8, 4) is 11.5 Å². The van der Waals surface area contributed by atoms with Crippen LogP contribution >= 0.6 is 27.7 Å². The zero-order chi connectivity index (χ0) is 14.5. The first kappa shape index (κ1) is 15.5. The van der Waals surface area contributed by atoms with Crippen LogP contribution < -0.4 is 20.1 Å². The number of carbonyl (C=O) groups is 1. The van der Waals surface area contributed by atoms with Crippen LogP contribution in [0.3, 0.4) is 0 Å². The van der Waals surface area contributed by atoms with Gasteiger partial charge in [-0.25, -0.2) is 0 Å². The van der Waals surface area contributed by atoms with Crippen LogP contribution in [0.15, 0.2) is 16.6 Å². The molecule has 5 nitrogen and oxygen atoms in total. The van der Waals surface area contributed by atoms with E-state index in [2.05, 4.69) is 26.6 Å². The molecule has 2 rings (SSSR count). The number of rotatable bonds is 5. The highest BCUT2D eigenvalue weighted by Gasteiger charge is 2.22. The van der Waals surface area contributed by atoms with E-state index in [-0.39, 0.29) is 11.9 Å². The molecule has 1 amide bonds. The molecule has 2 N–H and O–H groups in total. The fraction of sp³-hybridized carbons (Fsp3) is 0.462. The topological polar surface area (TPSA) is 59.6 Å². The Morgan fingerprint density at radius 1 is 1.50 bits per heavy atom. The van der Waals surface area contributed by atoms with Crippen LogP contribution in [-0.2, 0) is 11.3 Å². The summed E-state index contributed by atoms with van der Waals surface area (Å²) in [6.07, 6.45) is 0. The zero-order valence-corrected chi connectivity index (χ0v) is 13.8. The SMILES string of the molecule is COc1cc(CNC(=O)C2CSCN2)cc(Br)c1OC. The van der Waals surface area contributed by atoms with Crippen LogP contribution in [0.1, 0.15) is 5.56 Å². The number of hydrogen-bond acceptors (Lipinski definition) is 5. The molecule has 1 aromatic carbocycles. The van der Waals surface area contributed by atoms with Gasteiger partial charge < -0.3 is 14.8 Å². The van der Waals surface area contributed by atoms with E-state index in [1.165, 1.54) is 0 Å². The van der Waals surface area contributed by atoms with Crippen molar-refractivity contribution in [3.63, 3.8) is 0 Å². The molecule has 0 radical (unpaired) electrons. The molecule has 0 bridgehead atoms. The van der Waals surface area contributed by atoms with Gasteiger partial charge in [0.15, 0.2) is 11.5 Å². The zero-order valence-electron chi connectivity index (χ0n) is 11.4. The second-order valence-electron chi connectivity index (χ2n) is 4.30. The summed E-state index contributed by atoms with van der Waals surface area (Å²) >= 11 is 5.17. The molecular weight excluding hydrogens is 344 g/mol. The van der Waals surface area contributed by atoms with Gasteiger partial charge in [0.2, 0.25) is 5.91 Å². The highest BCUT2D eigenvalue weighted by Crippen LogP contribution is 2.36. The first-order valence-corrected chi connectivity index (χ1v) is 8.09. The minimum Gasteiger partial charge on any atom is -0.493 e. The lowest BCUT2D eigenvalue weighted by atomic mass is 10.2. The third kappa shape index (κ3) is 3.59. The number of ether oxygens (including phenoxy) is 2. The molecule has 1 fully saturated rings. The van der Waals surface area contributed by atoms with Crippen LogP contribution in [0.5, 0.6) is 11.5 Å². The quantitative estimate of drug-likeness (QED) is 0.837. The van der Waals surface area contributed by atoms with Crippen molar-refractivity contribution in [2.24, 2.45) is 0 Å². The average Bonchev–Trinajstić information content (AvgIpc) is 2.98. The number of halogens is 1. The van der Waals surface area contributed by atoms with Crippen LogP contribution in [0.25, 0.3) is 0 Å². The minimum absolute atomic E-state index is 0.0286. The highest BCUT2D eigenvalue weighted by atomic mass is 79.9. The molecule has 1 atom stereocenters. The number of thioether (sulfide) groups is 1. The first-order chi connectivity index (χ1) is 9.65. The maximum atomic E-state index is 11.9. The molecule has 1 saturated heterocycles. The Balaban J connectivity index is 2.02. The van der Waals surface area contributed by atoms with Gasteiger partial charge in [0.1, 0.15) is 0 Å². The molecule has 1 heterocycles. The van der Waals surface area contributed by atoms with Crippen LogP contribution in [0, 0.1) is 0 Å². The van der Waals surface area contributed by atoms with Gasteiger partial charge >= 0.3 is 0 Å². The van der Waals surface area contributed by atoms with E-state index in [1.54, 1.807) is 26.0 Å². The molecular formula is C13H17BrN2O3S. The number of methoxy groups -OCH3 is 2. The van der Waals surface area contributed by atoms with E-state index in [4.69, 9.17) is 9.47 Å². The summed E-state index contributed by atoms with van der Waals surface area (Å²) in [4.78, 5) is 11.9. The van der Waals surface area contributed by atoms with E-state index < -0.39 is 0 Å².